The van der Waals surface area contributed by atoms with Crippen LogP contribution in [0.3, 0.4) is 0 Å². The van der Waals surface area contributed by atoms with E-state index in [2.05, 4.69) is 6.58 Å². The fraction of sp³-hybridized carbons (Fsp3) is 0. The molecular formula is C8H9Na. The van der Waals surface area contributed by atoms with Gasteiger partial charge in [-0.05, 0) is 5.56 Å². The Morgan fingerprint density at radius 3 is 2.00 bits per heavy atom. The van der Waals surface area contributed by atoms with Crippen LogP contribution in [-0.4, -0.2) is 29.6 Å². The minimum atomic E-state index is 0. The third-order valence-electron chi connectivity index (χ3n) is 1.04. The van der Waals surface area contributed by atoms with Crippen molar-refractivity contribution in [3.63, 3.8) is 0 Å². The second kappa shape index (κ2) is 4.80. The van der Waals surface area contributed by atoms with Crippen LogP contribution in [-0.2, 0) is 0 Å². The average Bonchev–Trinajstić information content (AvgIpc) is 1.90. The van der Waals surface area contributed by atoms with Crippen LogP contribution in [0, 0.1) is 0 Å². The quantitative estimate of drug-likeness (QED) is 0.505. The van der Waals surface area contributed by atoms with Crippen LogP contribution < -0.4 is 0 Å². The molecule has 1 aromatic carbocycles. The molecule has 1 aromatic rings. The van der Waals surface area contributed by atoms with Crippen LogP contribution in [0.1, 0.15) is 5.56 Å². The Bertz CT molecular complexity index is 167. The van der Waals surface area contributed by atoms with Crippen LogP contribution in [0.4, 0.5) is 0 Å². The van der Waals surface area contributed by atoms with Crippen LogP contribution in [0.5, 0.6) is 0 Å². The standard InChI is InChI=1S/C8H8.Na.H/c1-2-8-6-4-3-5-7-8;;/h2-7H,1H2;;. The van der Waals surface area contributed by atoms with E-state index < -0.39 is 0 Å². The molecule has 0 fully saturated rings. The van der Waals surface area contributed by atoms with Gasteiger partial charge in [0.25, 0.3) is 0 Å². The Hall–Kier alpha value is -0.0400. The Balaban J connectivity index is 0.000000640. The van der Waals surface area contributed by atoms with E-state index in [0.29, 0.717) is 0 Å². The van der Waals surface area contributed by atoms with Crippen LogP contribution in [0.15, 0.2) is 36.9 Å². The molecule has 0 aliphatic carbocycles. The molecule has 9 heavy (non-hydrogen) atoms. The average molecular weight is 128 g/mol. The van der Waals surface area contributed by atoms with Gasteiger partial charge >= 0.3 is 29.6 Å². The molecule has 0 radical (unpaired) electrons. The Morgan fingerprint density at radius 1 is 1.11 bits per heavy atom. The van der Waals surface area contributed by atoms with E-state index in [9.17, 15) is 0 Å². The van der Waals surface area contributed by atoms with Crippen molar-refractivity contribution in [3.05, 3.63) is 42.5 Å². The van der Waals surface area contributed by atoms with Crippen molar-refractivity contribution in [1.82, 2.24) is 0 Å². The van der Waals surface area contributed by atoms with E-state index >= 15 is 0 Å². The molecule has 0 heterocycles. The van der Waals surface area contributed by atoms with E-state index in [-0.39, 0.29) is 29.6 Å². The molecular weight excluding hydrogens is 119 g/mol. The van der Waals surface area contributed by atoms with Gasteiger partial charge in [-0.25, -0.2) is 0 Å². The number of benzene rings is 1. The van der Waals surface area contributed by atoms with Crippen molar-refractivity contribution in [3.8, 4) is 0 Å². The topological polar surface area (TPSA) is 0 Å². The maximum absolute atomic E-state index is 3.63. The SMILES string of the molecule is C=Cc1ccccc1.[NaH]. The van der Waals surface area contributed by atoms with Gasteiger partial charge < -0.3 is 0 Å². The van der Waals surface area contributed by atoms with Gasteiger partial charge in [-0.2, -0.15) is 0 Å². The molecule has 0 unspecified atom stereocenters. The fourth-order valence-electron chi connectivity index (χ4n) is 0.589. The molecule has 42 valence electrons. The van der Waals surface area contributed by atoms with Gasteiger partial charge in [-0.3, -0.25) is 0 Å². The Labute approximate surface area is 77.9 Å². The number of hydrogen-bond donors (Lipinski definition) is 0. The van der Waals surface area contributed by atoms with Gasteiger partial charge in [0.2, 0.25) is 0 Å². The van der Waals surface area contributed by atoms with Crippen molar-refractivity contribution >= 4 is 35.6 Å². The Morgan fingerprint density at radius 2 is 1.67 bits per heavy atom. The predicted molar refractivity (Wildman–Crippen MR) is 43.7 cm³/mol. The van der Waals surface area contributed by atoms with E-state index in [4.69, 9.17) is 0 Å². The second-order valence-corrected chi connectivity index (χ2v) is 1.61. The monoisotopic (exact) mass is 128 g/mol. The first kappa shape index (κ1) is 8.96. The normalized spacial score (nSPS) is 7.56. The summed E-state index contributed by atoms with van der Waals surface area (Å²) in [6.45, 7) is 3.63. The Kier molecular flexibility index (Phi) is 4.78. The summed E-state index contributed by atoms with van der Waals surface area (Å²) in [7, 11) is 0. The summed E-state index contributed by atoms with van der Waals surface area (Å²) in [6.07, 6.45) is 1.83. The molecule has 1 rings (SSSR count). The van der Waals surface area contributed by atoms with Gasteiger partial charge in [-0.15, -0.1) is 0 Å². The summed E-state index contributed by atoms with van der Waals surface area (Å²) in [5, 5.41) is 0. The number of rotatable bonds is 1. The summed E-state index contributed by atoms with van der Waals surface area (Å²) < 4.78 is 0. The predicted octanol–water partition coefficient (Wildman–Crippen LogP) is 1.68. The first-order chi connectivity index (χ1) is 3.93. The van der Waals surface area contributed by atoms with Crippen LogP contribution in [0.2, 0.25) is 0 Å². The van der Waals surface area contributed by atoms with Crippen molar-refractivity contribution in [2.24, 2.45) is 0 Å². The minimum absolute atomic E-state index is 0. The molecule has 0 atom stereocenters. The first-order valence-corrected chi connectivity index (χ1v) is 2.61. The second-order valence-electron chi connectivity index (χ2n) is 1.61. The summed E-state index contributed by atoms with van der Waals surface area (Å²) >= 11 is 0. The van der Waals surface area contributed by atoms with Gasteiger partial charge in [-0.1, -0.05) is 43.0 Å². The van der Waals surface area contributed by atoms with E-state index in [1.54, 1.807) is 0 Å². The van der Waals surface area contributed by atoms with E-state index in [0.717, 1.165) is 0 Å². The number of hydrogen-bond acceptors (Lipinski definition) is 0. The zero-order chi connectivity index (χ0) is 5.82. The van der Waals surface area contributed by atoms with E-state index in [1.807, 2.05) is 36.4 Å². The molecule has 0 saturated heterocycles. The van der Waals surface area contributed by atoms with Crippen molar-refractivity contribution in [2.75, 3.05) is 0 Å². The summed E-state index contributed by atoms with van der Waals surface area (Å²) in [5.74, 6) is 0. The van der Waals surface area contributed by atoms with Crippen molar-refractivity contribution in [1.29, 1.82) is 0 Å². The maximum atomic E-state index is 3.63. The summed E-state index contributed by atoms with van der Waals surface area (Å²) in [6, 6.07) is 10.0. The van der Waals surface area contributed by atoms with Gasteiger partial charge in [0.1, 0.15) is 0 Å². The van der Waals surface area contributed by atoms with Gasteiger partial charge in [0.05, 0.1) is 0 Å². The molecule has 0 nitrogen and oxygen atoms in total. The molecule has 0 aliphatic rings. The third-order valence-corrected chi connectivity index (χ3v) is 1.04. The molecule has 0 N–H and O–H groups in total. The van der Waals surface area contributed by atoms with Gasteiger partial charge in [0, 0.05) is 0 Å². The van der Waals surface area contributed by atoms with Crippen molar-refractivity contribution in [2.45, 2.75) is 0 Å². The molecule has 0 aliphatic heterocycles. The zero-order valence-corrected chi connectivity index (χ0v) is 4.67. The molecule has 0 bridgehead atoms. The van der Waals surface area contributed by atoms with Crippen molar-refractivity contribution < 1.29 is 0 Å². The van der Waals surface area contributed by atoms with Crippen LogP contribution >= 0.6 is 0 Å². The fourth-order valence-corrected chi connectivity index (χ4v) is 0.589. The molecule has 0 aromatic heterocycles. The van der Waals surface area contributed by atoms with Gasteiger partial charge in [0.15, 0.2) is 0 Å². The molecule has 0 spiro atoms. The molecule has 0 saturated carbocycles. The molecule has 1 heteroatoms. The summed E-state index contributed by atoms with van der Waals surface area (Å²) in [5.41, 5.74) is 1.17. The third kappa shape index (κ3) is 2.85. The molecule has 0 amide bonds. The van der Waals surface area contributed by atoms with Crippen LogP contribution in [0.25, 0.3) is 6.08 Å². The zero-order valence-electron chi connectivity index (χ0n) is 4.67. The summed E-state index contributed by atoms with van der Waals surface area (Å²) in [4.78, 5) is 0. The van der Waals surface area contributed by atoms with E-state index in [1.165, 1.54) is 5.56 Å². The first-order valence-electron chi connectivity index (χ1n) is 2.61.